The van der Waals surface area contributed by atoms with E-state index in [0.29, 0.717) is 0 Å². The van der Waals surface area contributed by atoms with E-state index in [1.807, 2.05) is 0 Å². The molecule has 0 radical (unpaired) electrons. The zero-order valence-electron chi connectivity index (χ0n) is 10.3. The third-order valence-corrected chi connectivity index (χ3v) is 6.43. The fourth-order valence-electron chi connectivity index (χ4n) is 2.88. The summed E-state index contributed by atoms with van der Waals surface area (Å²) in [6.45, 7) is 1.36. The van der Waals surface area contributed by atoms with Crippen molar-refractivity contribution in [1.82, 2.24) is 4.90 Å². The van der Waals surface area contributed by atoms with Gasteiger partial charge in [-0.2, -0.15) is 16.8 Å². The second-order valence-corrected chi connectivity index (χ2v) is 7.91. The molecular weight excluding hydrogens is 314 g/mol. The van der Waals surface area contributed by atoms with Crippen molar-refractivity contribution in [2.75, 3.05) is 6.54 Å². The molecule has 20 heavy (non-hydrogen) atoms. The fourth-order valence-corrected chi connectivity index (χ4v) is 5.99. The van der Waals surface area contributed by atoms with E-state index >= 15 is 0 Å². The van der Waals surface area contributed by atoms with Gasteiger partial charge in [0.25, 0.3) is 20.2 Å². The summed E-state index contributed by atoms with van der Waals surface area (Å²) in [4.78, 5) is 12.4. The molecule has 0 saturated carbocycles. The van der Waals surface area contributed by atoms with Gasteiger partial charge in [-0.25, -0.2) is 4.79 Å². The first-order valence-corrected chi connectivity index (χ1v) is 8.60. The number of fused-ring (bicyclic) bond motifs is 1. The van der Waals surface area contributed by atoms with E-state index in [2.05, 4.69) is 0 Å². The SMILES string of the molecule is CC1=C(C(=O)O)N2CCC2C(S(=O)(=O)O)C1S(=O)(=O)O. The molecule has 11 heteroatoms. The first-order chi connectivity index (χ1) is 8.96. The molecule has 2 aliphatic rings. The monoisotopic (exact) mass is 327 g/mol. The third-order valence-electron chi connectivity index (χ3n) is 3.70. The van der Waals surface area contributed by atoms with E-state index in [-0.39, 0.29) is 24.2 Å². The number of nitrogens with zero attached hydrogens (tertiary/aromatic N) is 1. The van der Waals surface area contributed by atoms with Gasteiger partial charge in [-0.3, -0.25) is 9.11 Å². The molecule has 2 aliphatic heterocycles. The average Bonchev–Trinajstić information content (AvgIpc) is 2.17. The maximum atomic E-state index is 11.4. The number of carboxylic acids is 1. The van der Waals surface area contributed by atoms with Crippen LogP contribution >= 0.6 is 0 Å². The van der Waals surface area contributed by atoms with E-state index in [1.165, 1.54) is 4.90 Å². The standard InChI is InChI=1S/C9H13NO8S2/c1-4-6(9(11)12)10-3-2-5(10)8(20(16,17)18)7(4)19(13,14)15/h5,7-8H,2-3H2,1H3,(H,11,12)(H,13,14,15)(H,16,17,18). The molecule has 0 amide bonds. The van der Waals surface area contributed by atoms with Crippen molar-refractivity contribution in [2.45, 2.75) is 29.9 Å². The summed E-state index contributed by atoms with van der Waals surface area (Å²) in [7, 11) is -9.66. The molecule has 3 atom stereocenters. The molecule has 3 N–H and O–H groups in total. The Hall–Kier alpha value is -1.17. The fraction of sp³-hybridized carbons (Fsp3) is 0.667. The van der Waals surface area contributed by atoms with E-state index in [9.17, 15) is 30.7 Å². The Bertz CT molecular complexity index is 691. The first-order valence-electron chi connectivity index (χ1n) is 5.59. The molecule has 114 valence electrons. The predicted octanol–water partition coefficient (Wildman–Crippen LogP) is -1.05. The Morgan fingerprint density at radius 2 is 1.75 bits per heavy atom. The van der Waals surface area contributed by atoms with Gasteiger partial charge in [0.1, 0.15) is 16.2 Å². The molecule has 3 unspecified atom stereocenters. The maximum Gasteiger partial charge on any atom is 0.352 e. The number of carbonyl (C=O) groups is 1. The van der Waals surface area contributed by atoms with Gasteiger partial charge < -0.3 is 10.0 Å². The van der Waals surface area contributed by atoms with Gasteiger partial charge in [0.15, 0.2) is 0 Å². The zero-order valence-corrected chi connectivity index (χ0v) is 11.9. The maximum absolute atomic E-state index is 11.4. The van der Waals surface area contributed by atoms with Crippen LogP contribution in [0.3, 0.4) is 0 Å². The Morgan fingerprint density at radius 3 is 2.05 bits per heavy atom. The largest absolute Gasteiger partial charge is 0.477 e. The minimum atomic E-state index is -4.88. The van der Waals surface area contributed by atoms with E-state index < -0.39 is 42.7 Å². The van der Waals surface area contributed by atoms with Crippen molar-refractivity contribution >= 4 is 26.2 Å². The molecule has 0 spiro atoms. The van der Waals surface area contributed by atoms with Crippen molar-refractivity contribution in [1.29, 1.82) is 0 Å². The molecule has 1 fully saturated rings. The predicted molar refractivity (Wildman–Crippen MR) is 66.1 cm³/mol. The Balaban J connectivity index is 2.72. The van der Waals surface area contributed by atoms with Crippen molar-refractivity contribution in [3.8, 4) is 0 Å². The normalized spacial score (nSPS) is 30.8. The third kappa shape index (κ3) is 2.20. The highest BCUT2D eigenvalue weighted by molar-refractivity contribution is 7.90. The van der Waals surface area contributed by atoms with Crippen LogP contribution in [-0.2, 0) is 25.0 Å². The smallest absolute Gasteiger partial charge is 0.352 e. The van der Waals surface area contributed by atoms with Crippen LogP contribution in [0, 0.1) is 0 Å². The number of carboxylic acid groups (broad SMARTS) is 1. The Morgan fingerprint density at radius 1 is 1.20 bits per heavy atom. The van der Waals surface area contributed by atoms with Crippen LogP contribution in [0.15, 0.2) is 11.3 Å². The molecular formula is C9H13NO8S2. The molecule has 0 bridgehead atoms. The Kier molecular flexibility index (Phi) is 3.36. The van der Waals surface area contributed by atoms with Crippen LogP contribution in [0.1, 0.15) is 13.3 Å². The van der Waals surface area contributed by atoms with Gasteiger partial charge in [0.2, 0.25) is 0 Å². The van der Waals surface area contributed by atoms with Crippen LogP contribution < -0.4 is 0 Å². The zero-order chi connectivity index (χ0) is 15.5. The highest BCUT2D eigenvalue weighted by Gasteiger charge is 2.56. The van der Waals surface area contributed by atoms with Gasteiger partial charge in [-0.1, -0.05) is 0 Å². The van der Waals surface area contributed by atoms with Crippen molar-refractivity contribution in [3.63, 3.8) is 0 Å². The average molecular weight is 327 g/mol. The van der Waals surface area contributed by atoms with Crippen LogP contribution in [0.2, 0.25) is 0 Å². The van der Waals surface area contributed by atoms with Crippen molar-refractivity contribution < 1.29 is 35.8 Å². The van der Waals surface area contributed by atoms with Gasteiger partial charge >= 0.3 is 5.97 Å². The van der Waals surface area contributed by atoms with Gasteiger partial charge in [0.05, 0.1) is 6.04 Å². The quantitative estimate of drug-likeness (QED) is 0.551. The van der Waals surface area contributed by atoms with E-state index in [1.54, 1.807) is 0 Å². The molecule has 2 rings (SSSR count). The molecule has 0 aromatic rings. The summed E-state index contributed by atoms with van der Waals surface area (Å²) in [5.74, 6) is -1.41. The summed E-state index contributed by atoms with van der Waals surface area (Å²) in [5, 5.41) is 5.34. The number of rotatable bonds is 3. The number of hydrogen-bond donors (Lipinski definition) is 3. The highest BCUT2D eigenvalue weighted by Crippen LogP contribution is 2.40. The lowest BCUT2D eigenvalue weighted by molar-refractivity contribution is -0.136. The lowest BCUT2D eigenvalue weighted by Crippen LogP contribution is -2.65. The summed E-state index contributed by atoms with van der Waals surface area (Å²) >= 11 is 0. The van der Waals surface area contributed by atoms with Crippen LogP contribution in [-0.4, -0.2) is 65.0 Å². The summed E-state index contributed by atoms with van der Waals surface area (Å²) in [6, 6.07) is -0.980. The number of hydrogen-bond acceptors (Lipinski definition) is 6. The lowest BCUT2D eigenvalue weighted by atomic mass is 9.87. The molecule has 1 saturated heterocycles. The van der Waals surface area contributed by atoms with Crippen LogP contribution in [0.25, 0.3) is 0 Å². The summed E-state index contributed by atoms with van der Waals surface area (Å²) < 4.78 is 64.2. The summed E-state index contributed by atoms with van der Waals surface area (Å²) in [6.07, 6.45) is 0.209. The molecule has 0 aromatic heterocycles. The molecule has 0 aromatic carbocycles. The second kappa shape index (κ2) is 4.41. The van der Waals surface area contributed by atoms with E-state index in [4.69, 9.17) is 5.11 Å². The van der Waals surface area contributed by atoms with Crippen molar-refractivity contribution in [2.24, 2.45) is 0 Å². The molecule has 2 heterocycles. The van der Waals surface area contributed by atoms with E-state index in [0.717, 1.165) is 6.92 Å². The molecule has 0 aliphatic carbocycles. The van der Waals surface area contributed by atoms with Crippen molar-refractivity contribution in [3.05, 3.63) is 11.3 Å². The number of aliphatic carboxylic acids is 1. The summed E-state index contributed by atoms with van der Waals surface area (Å²) in [5.41, 5.74) is -0.651. The molecule has 9 nitrogen and oxygen atoms in total. The topological polar surface area (TPSA) is 149 Å². The highest BCUT2D eigenvalue weighted by atomic mass is 32.2. The minimum absolute atomic E-state index is 0.209. The van der Waals surface area contributed by atoms with Crippen LogP contribution in [0.4, 0.5) is 0 Å². The van der Waals surface area contributed by atoms with Crippen LogP contribution in [0.5, 0.6) is 0 Å². The minimum Gasteiger partial charge on any atom is -0.477 e. The van der Waals surface area contributed by atoms with Gasteiger partial charge in [-0.15, -0.1) is 0 Å². The second-order valence-electron chi connectivity index (χ2n) is 4.80. The van der Waals surface area contributed by atoms with Gasteiger partial charge in [0, 0.05) is 6.54 Å². The Labute approximate surface area is 115 Å². The lowest BCUT2D eigenvalue weighted by Gasteiger charge is -2.51. The first kappa shape index (κ1) is 15.2. The van der Waals surface area contributed by atoms with Gasteiger partial charge in [-0.05, 0) is 18.9 Å².